The molecule has 4 nitrogen and oxygen atoms in total. The molecule has 7 heteroatoms. The number of aliphatic hydroxyl groups excluding tert-OH is 1. The molecule has 1 aromatic carbocycles. The molecular weight excluding hydrogens is 333 g/mol. The number of rotatable bonds is 9. The Bertz CT molecular complexity index is 460. The molecule has 0 heterocycles. The van der Waals surface area contributed by atoms with Gasteiger partial charge in [0.05, 0.1) is 16.7 Å². The number of carbonyl (C=O) groups is 1. The summed E-state index contributed by atoms with van der Waals surface area (Å²) in [6, 6.07) is 5.37. The second kappa shape index (κ2) is 10.2. The third kappa shape index (κ3) is 6.78. The standard InChI is InChI=1S/C14H19Cl2NO3S/c15-12-4-1-3-11(13(12)16)5-7-17(14(19)20)6-2-9-21-10-8-18/h1,3-4,18H,2,5-10H2,(H,19,20). The van der Waals surface area contributed by atoms with Crippen molar-refractivity contribution in [2.45, 2.75) is 12.8 Å². The predicted molar refractivity (Wildman–Crippen MR) is 88.8 cm³/mol. The summed E-state index contributed by atoms with van der Waals surface area (Å²) in [5.74, 6) is 1.52. The smallest absolute Gasteiger partial charge is 0.407 e. The number of thioether (sulfide) groups is 1. The van der Waals surface area contributed by atoms with Gasteiger partial charge in [0.2, 0.25) is 0 Å². The van der Waals surface area contributed by atoms with E-state index in [1.165, 1.54) is 4.90 Å². The van der Waals surface area contributed by atoms with Crippen LogP contribution < -0.4 is 0 Å². The second-order valence-electron chi connectivity index (χ2n) is 4.42. The maximum absolute atomic E-state index is 11.2. The van der Waals surface area contributed by atoms with E-state index in [0.717, 1.165) is 17.7 Å². The Morgan fingerprint density at radius 3 is 2.67 bits per heavy atom. The zero-order valence-corrected chi connectivity index (χ0v) is 13.9. The van der Waals surface area contributed by atoms with Crippen LogP contribution in [0, 0.1) is 0 Å². The normalized spacial score (nSPS) is 10.6. The summed E-state index contributed by atoms with van der Waals surface area (Å²) in [6.45, 7) is 1.02. The fourth-order valence-electron chi connectivity index (χ4n) is 1.82. The Labute approximate surface area is 139 Å². The Morgan fingerprint density at radius 1 is 1.24 bits per heavy atom. The van der Waals surface area contributed by atoms with Gasteiger partial charge >= 0.3 is 6.09 Å². The van der Waals surface area contributed by atoms with Crippen LogP contribution in [0.3, 0.4) is 0 Å². The van der Waals surface area contributed by atoms with Crippen LogP contribution in [0.1, 0.15) is 12.0 Å². The Kier molecular flexibility index (Phi) is 8.92. The van der Waals surface area contributed by atoms with Crippen LogP contribution in [-0.2, 0) is 6.42 Å². The fourth-order valence-corrected chi connectivity index (χ4v) is 2.91. The van der Waals surface area contributed by atoms with Gasteiger partial charge in [0.1, 0.15) is 0 Å². The molecule has 0 unspecified atom stereocenters. The van der Waals surface area contributed by atoms with Crippen LogP contribution in [0.5, 0.6) is 0 Å². The van der Waals surface area contributed by atoms with E-state index in [9.17, 15) is 9.90 Å². The molecule has 0 spiro atoms. The van der Waals surface area contributed by atoms with Crippen LogP contribution in [0.15, 0.2) is 18.2 Å². The third-order valence-electron chi connectivity index (χ3n) is 2.91. The first kappa shape index (κ1) is 18.4. The summed E-state index contributed by atoms with van der Waals surface area (Å²) in [5, 5.41) is 18.8. The molecule has 0 fully saturated rings. The van der Waals surface area contributed by atoms with E-state index in [0.29, 0.717) is 35.3 Å². The highest BCUT2D eigenvalue weighted by Gasteiger charge is 2.12. The number of amides is 1. The van der Waals surface area contributed by atoms with Gasteiger partial charge in [-0.2, -0.15) is 11.8 Å². The topological polar surface area (TPSA) is 60.8 Å². The third-order valence-corrected chi connectivity index (χ3v) is 4.81. The van der Waals surface area contributed by atoms with E-state index < -0.39 is 6.09 Å². The van der Waals surface area contributed by atoms with Crippen molar-refractivity contribution in [3.63, 3.8) is 0 Å². The second-order valence-corrected chi connectivity index (χ2v) is 6.43. The van der Waals surface area contributed by atoms with E-state index in [1.807, 2.05) is 6.07 Å². The van der Waals surface area contributed by atoms with Crippen LogP contribution in [0.25, 0.3) is 0 Å². The van der Waals surface area contributed by atoms with Crippen LogP contribution in [0.4, 0.5) is 4.79 Å². The number of carboxylic acid groups (broad SMARTS) is 1. The first-order valence-corrected chi connectivity index (χ1v) is 8.56. The van der Waals surface area contributed by atoms with Gasteiger partial charge in [-0.3, -0.25) is 0 Å². The zero-order chi connectivity index (χ0) is 15.7. The molecule has 2 N–H and O–H groups in total. The van der Waals surface area contributed by atoms with Crippen molar-refractivity contribution in [2.75, 3.05) is 31.2 Å². The fraction of sp³-hybridized carbons (Fsp3) is 0.500. The molecule has 1 amide bonds. The van der Waals surface area contributed by atoms with Gasteiger partial charge in [-0.1, -0.05) is 35.3 Å². The molecule has 1 aromatic rings. The number of halogens is 2. The Morgan fingerprint density at radius 2 is 2.00 bits per heavy atom. The molecule has 0 radical (unpaired) electrons. The SMILES string of the molecule is O=C(O)N(CCCSCCO)CCc1cccc(Cl)c1Cl. The summed E-state index contributed by atoms with van der Waals surface area (Å²) >= 11 is 13.6. The van der Waals surface area contributed by atoms with Gasteiger partial charge in [-0.25, -0.2) is 4.79 Å². The van der Waals surface area contributed by atoms with Gasteiger partial charge in [-0.15, -0.1) is 0 Å². The summed E-state index contributed by atoms with van der Waals surface area (Å²) in [4.78, 5) is 12.6. The van der Waals surface area contributed by atoms with Crippen molar-refractivity contribution >= 4 is 41.1 Å². The molecule has 0 atom stereocenters. The highest BCUT2D eigenvalue weighted by Crippen LogP contribution is 2.25. The van der Waals surface area contributed by atoms with Crippen molar-refractivity contribution in [2.24, 2.45) is 0 Å². The Balaban J connectivity index is 2.44. The van der Waals surface area contributed by atoms with E-state index in [2.05, 4.69) is 0 Å². The molecule has 0 aliphatic rings. The van der Waals surface area contributed by atoms with Crippen LogP contribution >= 0.6 is 35.0 Å². The highest BCUT2D eigenvalue weighted by atomic mass is 35.5. The molecule has 1 rings (SSSR count). The predicted octanol–water partition coefficient (Wildman–Crippen LogP) is 3.63. The molecule has 0 aromatic heterocycles. The van der Waals surface area contributed by atoms with Crippen LogP contribution in [0.2, 0.25) is 10.0 Å². The lowest BCUT2D eigenvalue weighted by Crippen LogP contribution is -2.32. The maximum atomic E-state index is 11.2. The minimum Gasteiger partial charge on any atom is -0.465 e. The number of hydrogen-bond donors (Lipinski definition) is 2. The monoisotopic (exact) mass is 351 g/mol. The molecule has 0 aliphatic carbocycles. The van der Waals surface area contributed by atoms with E-state index in [1.54, 1.807) is 23.9 Å². The lowest BCUT2D eigenvalue weighted by Gasteiger charge is -2.19. The summed E-state index contributed by atoms with van der Waals surface area (Å²) in [6.07, 6.45) is 0.371. The molecule has 0 aliphatic heterocycles. The Hall–Kier alpha value is -0.620. The van der Waals surface area contributed by atoms with Crippen molar-refractivity contribution in [1.29, 1.82) is 0 Å². The largest absolute Gasteiger partial charge is 0.465 e. The van der Waals surface area contributed by atoms with Gasteiger partial charge < -0.3 is 15.1 Å². The van der Waals surface area contributed by atoms with E-state index in [-0.39, 0.29) is 6.61 Å². The highest BCUT2D eigenvalue weighted by molar-refractivity contribution is 7.99. The summed E-state index contributed by atoms with van der Waals surface area (Å²) in [5.41, 5.74) is 0.852. The minimum atomic E-state index is -0.930. The van der Waals surface area contributed by atoms with Crippen molar-refractivity contribution in [3.05, 3.63) is 33.8 Å². The molecule has 0 saturated heterocycles. The molecule has 0 saturated carbocycles. The van der Waals surface area contributed by atoms with Crippen molar-refractivity contribution < 1.29 is 15.0 Å². The van der Waals surface area contributed by atoms with Gasteiger partial charge in [0, 0.05) is 18.8 Å². The molecule has 0 bridgehead atoms. The first-order valence-electron chi connectivity index (χ1n) is 6.65. The molecule has 21 heavy (non-hydrogen) atoms. The molecular formula is C14H19Cl2NO3S. The van der Waals surface area contributed by atoms with Crippen molar-refractivity contribution in [1.82, 2.24) is 4.90 Å². The number of nitrogens with zero attached hydrogens (tertiary/aromatic N) is 1. The van der Waals surface area contributed by atoms with Crippen molar-refractivity contribution in [3.8, 4) is 0 Å². The lowest BCUT2D eigenvalue weighted by atomic mass is 10.1. The average Bonchev–Trinajstić information content (AvgIpc) is 2.45. The van der Waals surface area contributed by atoms with E-state index in [4.69, 9.17) is 28.3 Å². The minimum absolute atomic E-state index is 0.153. The number of aliphatic hydroxyl groups is 1. The summed E-state index contributed by atoms with van der Waals surface area (Å²) in [7, 11) is 0. The van der Waals surface area contributed by atoms with Gasteiger partial charge in [0.25, 0.3) is 0 Å². The maximum Gasteiger partial charge on any atom is 0.407 e. The number of hydrogen-bond acceptors (Lipinski definition) is 3. The lowest BCUT2D eigenvalue weighted by molar-refractivity contribution is 0.146. The first-order chi connectivity index (χ1) is 10.1. The van der Waals surface area contributed by atoms with Gasteiger partial charge in [0.15, 0.2) is 0 Å². The van der Waals surface area contributed by atoms with E-state index >= 15 is 0 Å². The van der Waals surface area contributed by atoms with Gasteiger partial charge in [-0.05, 0) is 30.2 Å². The van der Waals surface area contributed by atoms with Crippen LogP contribution in [-0.4, -0.2) is 52.4 Å². The molecule has 118 valence electrons. The summed E-state index contributed by atoms with van der Waals surface area (Å²) < 4.78 is 0. The average molecular weight is 352 g/mol. The quantitative estimate of drug-likeness (QED) is 0.667. The zero-order valence-electron chi connectivity index (χ0n) is 11.6. The number of benzene rings is 1.